The number of nitrogens with zero attached hydrogens (tertiary/aromatic N) is 1. The number of hydrogen-bond acceptors (Lipinski definition) is 3. The van der Waals surface area contributed by atoms with Gasteiger partial charge in [-0.2, -0.15) is 0 Å². The Labute approximate surface area is 116 Å². The highest BCUT2D eigenvalue weighted by molar-refractivity contribution is 5.93. The van der Waals surface area contributed by atoms with Crippen molar-refractivity contribution in [2.24, 2.45) is 5.92 Å². The van der Waals surface area contributed by atoms with Crippen molar-refractivity contribution < 1.29 is 4.79 Å². The topological polar surface area (TPSA) is 58.4 Å². The number of anilines is 2. The molecule has 0 bridgehead atoms. The Kier molecular flexibility index (Phi) is 5.36. The molecule has 0 heterocycles. The minimum atomic E-state index is -0.0105. The molecule has 0 aromatic heterocycles. The molecule has 3 N–H and O–H groups in total. The van der Waals surface area contributed by atoms with Gasteiger partial charge in [0, 0.05) is 17.4 Å². The molecule has 0 aliphatic carbocycles. The average Bonchev–Trinajstić information content (AvgIpc) is 2.33. The van der Waals surface area contributed by atoms with Gasteiger partial charge in [0.25, 0.3) is 0 Å². The van der Waals surface area contributed by atoms with Crippen molar-refractivity contribution in [3.8, 4) is 0 Å². The van der Waals surface area contributed by atoms with Crippen LogP contribution in [0.3, 0.4) is 0 Å². The van der Waals surface area contributed by atoms with Gasteiger partial charge in [-0.1, -0.05) is 19.9 Å². The molecule has 19 heavy (non-hydrogen) atoms. The standard InChI is InChI=1S/C15H25N3O/c1-10(2)12(4)18(5)9-15(19)17-14-8-6-7-13(16)11(14)3/h6-8,10,12H,9,16H2,1-5H3,(H,17,19). The summed E-state index contributed by atoms with van der Waals surface area (Å²) < 4.78 is 0. The Morgan fingerprint density at radius 3 is 2.58 bits per heavy atom. The second-order valence-electron chi connectivity index (χ2n) is 5.47. The lowest BCUT2D eigenvalue weighted by Gasteiger charge is -2.27. The molecule has 0 spiro atoms. The van der Waals surface area contributed by atoms with E-state index in [2.05, 4.69) is 31.0 Å². The fourth-order valence-corrected chi connectivity index (χ4v) is 1.86. The number of carbonyl (C=O) groups excluding carboxylic acids is 1. The quantitative estimate of drug-likeness (QED) is 0.802. The molecule has 0 saturated heterocycles. The first-order valence-electron chi connectivity index (χ1n) is 6.68. The number of nitrogens with two attached hydrogens (primary N) is 1. The van der Waals surface area contributed by atoms with E-state index in [9.17, 15) is 4.79 Å². The van der Waals surface area contributed by atoms with Gasteiger partial charge in [0.2, 0.25) is 5.91 Å². The average molecular weight is 263 g/mol. The maximum Gasteiger partial charge on any atom is 0.238 e. The van der Waals surface area contributed by atoms with Crippen molar-refractivity contribution in [3.63, 3.8) is 0 Å². The fourth-order valence-electron chi connectivity index (χ4n) is 1.86. The van der Waals surface area contributed by atoms with Gasteiger partial charge in [-0.15, -0.1) is 0 Å². The Morgan fingerprint density at radius 2 is 2.00 bits per heavy atom. The van der Waals surface area contributed by atoms with E-state index in [4.69, 9.17) is 5.73 Å². The molecular formula is C15H25N3O. The van der Waals surface area contributed by atoms with E-state index in [0.717, 1.165) is 11.3 Å². The predicted molar refractivity (Wildman–Crippen MR) is 81.2 cm³/mol. The highest BCUT2D eigenvalue weighted by Crippen LogP contribution is 2.20. The third-order valence-corrected chi connectivity index (χ3v) is 3.70. The van der Waals surface area contributed by atoms with Crippen LogP contribution in [0, 0.1) is 12.8 Å². The van der Waals surface area contributed by atoms with Crippen LogP contribution in [-0.2, 0) is 4.79 Å². The molecule has 1 aromatic carbocycles. The van der Waals surface area contributed by atoms with Crippen LogP contribution in [0.4, 0.5) is 11.4 Å². The van der Waals surface area contributed by atoms with Crippen LogP contribution in [0.25, 0.3) is 0 Å². The SMILES string of the molecule is Cc1c(N)cccc1NC(=O)CN(C)C(C)C(C)C. The van der Waals surface area contributed by atoms with Crippen LogP contribution in [0.2, 0.25) is 0 Å². The normalized spacial score (nSPS) is 12.8. The highest BCUT2D eigenvalue weighted by Gasteiger charge is 2.16. The molecular weight excluding hydrogens is 238 g/mol. The summed E-state index contributed by atoms with van der Waals surface area (Å²) >= 11 is 0. The third kappa shape index (κ3) is 4.24. The summed E-state index contributed by atoms with van der Waals surface area (Å²) in [5.41, 5.74) is 8.22. The lowest BCUT2D eigenvalue weighted by atomic mass is 10.1. The van der Waals surface area contributed by atoms with Crippen LogP contribution >= 0.6 is 0 Å². The van der Waals surface area contributed by atoms with E-state index in [-0.39, 0.29) is 5.91 Å². The van der Waals surface area contributed by atoms with E-state index < -0.39 is 0 Å². The van der Waals surface area contributed by atoms with E-state index in [1.54, 1.807) is 0 Å². The zero-order valence-corrected chi connectivity index (χ0v) is 12.5. The van der Waals surface area contributed by atoms with E-state index >= 15 is 0 Å². The first-order chi connectivity index (χ1) is 8.82. The summed E-state index contributed by atoms with van der Waals surface area (Å²) in [5.74, 6) is 0.510. The van der Waals surface area contributed by atoms with Crippen molar-refractivity contribution in [2.45, 2.75) is 33.7 Å². The number of hydrogen-bond donors (Lipinski definition) is 2. The minimum absolute atomic E-state index is 0.0105. The van der Waals surface area contributed by atoms with Crippen molar-refractivity contribution >= 4 is 17.3 Å². The van der Waals surface area contributed by atoms with Gasteiger partial charge in [0.15, 0.2) is 0 Å². The van der Waals surface area contributed by atoms with Gasteiger partial charge in [0.1, 0.15) is 0 Å². The number of carbonyl (C=O) groups is 1. The molecule has 1 amide bonds. The maximum absolute atomic E-state index is 12.0. The minimum Gasteiger partial charge on any atom is -0.398 e. The molecule has 1 aromatic rings. The van der Waals surface area contributed by atoms with Crippen LogP contribution < -0.4 is 11.1 Å². The van der Waals surface area contributed by atoms with Gasteiger partial charge in [-0.05, 0) is 44.5 Å². The number of benzene rings is 1. The number of nitrogens with one attached hydrogen (secondary N) is 1. The summed E-state index contributed by atoms with van der Waals surface area (Å²) in [7, 11) is 1.97. The summed E-state index contributed by atoms with van der Waals surface area (Å²) in [6, 6.07) is 5.92. The van der Waals surface area contributed by atoms with E-state index in [1.165, 1.54) is 0 Å². The molecule has 1 rings (SSSR count). The molecule has 0 radical (unpaired) electrons. The Balaban J connectivity index is 2.63. The molecule has 1 atom stereocenters. The lowest BCUT2D eigenvalue weighted by Crippen LogP contribution is -2.39. The van der Waals surface area contributed by atoms with Gasteiger partial charge < -0.3 is 11.1 Å². The second kappa shape index (κ2) is 6.57. The van der Waals surface area contributed by atoms with Crippen LogP contribution in [-0.4, -0.2) is 30.4 Å². The smallest absolute Gasteiger partial charge is 0.238 e. The van der Waals surface area contributed by atoms with Crippen molar-refractivity contribution in [2.75, 3.05) is 24.6 Å². The first kappa shape index (κ1) is 15.5. The summed E-state index contributed by atoms with van der Waals surface area (Å²) in [6.07, 6.45) is 0. The number of likely N-dealkylation sites (N-methyl/N-ethyl adjacent to an activating group) is 1. The van der Waals surface area contributed by atoms with Crippen LogP contribution in [0.1, 0.15) is 26.3 Å². The van der Waals surface area contributed by atoms with Crippen molar-refractivity contribution in [1.29, 1.82) is 0 Å². The van der Waals surface area contributed by atoms with Crippen LogP contribution in [0.15, 0.2) is 18.2 Å². The molecule has 0 aliphatic rings. The number of amides is 1. The molecule has 1 unspecified atom stereocenters. The molecule has 4 heteroatoms. The Hall–Kier alpha value is -1.55. The van der Waals surface area contributed by atoms with Crippen molar-refractivity contribution in [3.05, 3.63) is 23.8 Å². The number of rotatable bonds is 5. The molecule has 0 fully saturated rings. The van der Waals surface area contributed by atoms with Crippen molar-refractivity contribution in [1.82, 2.24) is 4.90 Å². The third-order valence-electron chi connectivity index (χ3n) is 3.70. The largest absolute Gasteiger partial charge is 0.398 e. The van der Waals surface area contributed by atoms with Gasteiger partial charge in [-0.3, -0.25) is 9.69 Å². The van der Waals surface area contributed by atoms with Gasteiger partial charge >= 0.3 is 0 Å². The zero-order valence-electron chi connectivity index (χ0n) is 12.5. The monoisotopic (exact) mass is 263 g/mol. The first-order valence-corrected chi connectivity index (χ1v) is 6.68. The zero-order chi connectivity index (χ0) is 14.6. The second-order valence-corrected chi connectivity index (χ2v) is 5.47. The lowest BCUT2D eigenvalue weighted by molar-refractivity contribution is -0.117. The fraction of sp³-hybridized carbons (Fsp3) is 0.533. The van der Waals surface area contributed by atoms with E-state index in [0.29, 0.717) is 24.2 Å². The summed E-state index contributed by atoms with van der Waals surface area (Å²) in [5, 5.41) is 2.92. The van der Waals surface area contributed by atoms with Crippen LogP contribution in [0.5, 0.6) is 0 Å². The number of nitrogen functional groups attached to an aromatic ring is 1. The highest BCUT2D eigenvalue weighted by atomic mass is 16.2. The molecule has 4 nitrogen and oxygen atoms in total. The van der Waals surface area contributed by atoms with Gasteiger partial charge in [-0.25, -0.2) is 0 Å². The molecule has 0 saturated carbocycles. The summed E-state index contributed by atoms with van der Waals surface area (Å²) in [6.45, 7) is 8.73. The van der Waals surface area contributed by atoms with Gasteiger partial charge in [0.05, 0.1) is 6.54 Å². The summed E-state index contributed by atoms with van der Waals surface area (Å²) in [4.78, 5) is 14.1. The maximum atomic E-state index is 12.0. The predicted octanol–water partition coefficient (Wildman–Crippen LogP) is 2.49. The molecule has 106 valence electrons. The molecule has 0 aliphatic heterocycles. The Bertz CT molecular complexity index is 443. The Morgan fingerprint density at radius 1 is 1.37 bits per heavy atom. The van der Waals surface area contributed by atoms with E-state index in [1.807, 2.05) is 32.2 Å².